The predicted molar refractivity (Wildman–Crippen MR) is 158 cm³/mol. The molecule has 0 N–H and O–H groups in total. The normalized spacial score (nSPS) is 14.5. The maximum absolute atomic E-state index is 6.49. The number of allylic oxidation sites excluding steroid dienone is 5. The van der Waals surface area contributed by atoms with E-state index >= 15 is 0 Å². The van der Waals surface area contributed by atoms with Crippen LogP contribution in [0.25, 0.3) is 33.7 Å². The average Bonchev–Trinajstić information content (AvgIpc) is 3.61. The van der Waals surface area contributed by atoms with Crippen LogP contribution in [0.3, 0.4) is 0 Å². The summed E-state index contributed by atoms with van der Waals surface area (Å²) in [6, 6.07) is 10.4. The third-order valence-electron chi connectivity index (χ3n) is 6.83. The number of hydrogen-bond donors (Lipinski definition) is 0. The Balaban J connectivity index is 1.56. The number of furan rings is 1. The van der Waals surface area contributed by atoms with Crippen molar-refractivity contribution in [3.63, 3.8) is 0 Å². The van der Waals surface area contributed by atoms with Crippen molar-refractivity contribution in [3.8, 4) is 17.1 Å². The van der Waals surface area contributed by atoms with E-state index in [1.807, 2.05) is 18.5 Å². The minimum atomic E-state index is 0.520. The second-order valence-electron chi connectivity index (χ2n) is 10.0. The van der Waals surface area contributed by atoms with Crippen LogP contribution in [0.5, 0.6) is 0 Å². The Hall–Kier alpha value is -3.97. The van der Waals surface area contributed by atoms with Crippen LogP contribution in [0.4, 0.5) is 5.82 Å². The van der Waals surface area contributed by atoms with Gasteiger partial charge in [0, 0.05) is 30.9 Å². The quantitative estimate of drug-likeness (QED) is 0.203. The largest absolute Gasteiger partial charge is 0.451 e. The lowest BCUT2D eigenvalue weighted by Crippen LogP contribution is -2.37. The molecule has 4 aromatic rings. The van der Waals surface area contributed by atoms with Crippen LogP contribution in [0, 0.1) is 6.92 Å². The Morgan fingerprint density at radius 1 is 1.05 bits per heavy atom. The Morgan fingerprint density at radius 2 is 1.87 bits per heavy atom. The van der Waals surface area contributed by atoms with E-state index in [-0.39, 0.29) is 0 Å². The zero-order chi connectivity index (χ0) is 27.2. The van der Waals surface area contributed by atoms with Gasteiger partial charge in [0.05, 0.1) is 19.4 Å². The Morgan fingerprint density at radius 3 is 2.64 bits per heavy atom. The molecule has 0 amide bonds. The highest BCUT2D eigenvalue weighted by atomic mass is 16.5. The van der Waals surface area contributed by atoms with Crippen LogP contribution in [-0.4, -0.2) is 46.1 Å². The summed E-state index contributed by atoms with van der Waals surface area (Å²) >= 11 is 0. The summed E-state index contributed by atoms with van der Waals surface area (Å²) in [5.74, 6) is 2.12. The highest BCUT2D eigenvalue weighted by Crippen LogP contribution is 2.33. The lowest BCUT2D eigenvalue weighted by molar-refractivity contribution is 0.122. The number of nitrogens with zero attached hydrogens (tertiary/aromatic N) is 5. The molecule has 1 aliphatic rings. The number of hydrogen-bond acceptors (Lipinski definition) is 6. The number of fused-ring (bicyclic) bond motifs is 1. The van der Waals surface area contributed by atoms with Gasteiger partial charge >= 0.3 is 0 Å². The van der Waals surface area contributed by atoms with Crippen molar-refractivity contribution < 1.29 is 9.15 Å². The number of aryl methyl sites for hydroxylation is 1. The molecule has 0 atom stereocenters. The highest BCUT2D eigenvalue weighted by molar-refractivity contribution is 5.88. The second-order valence-corrected chi connectivity index (χ2v) is 10.0. The van der Waals surface area contributed by atoms with Gasteiger partial charge < -0.3 is 14.1 Å². The molecule has 1 saturated heterocycles. The van der Waals surface area contributed by atoms with E-state index in [2.05, 4.69) is 79.8 Å². The van der Waals surface area contributed by atoms with E-state index in [4.69, 9.17) is 19.1 Å². The molecule has 202 valence electrons. The van der Waals surface area contributed by atoms with Gasteiger partial charge in [0.25, 0.3) is 5.95 Å². The van der Waals surface area contributed by atoms with Gasteiger partial charge in [-0.1, -0.05) is 86.9 Å². The standard InChI is InChI=1S/C32H37N5O2/c1-5-9-23(3)11-7-13-25(10-6-2)29-20-28-30(39-29)31(36-15-17-38-18-16-36)35-32(34-28)37-22-27(21-33-37)26-14-8-12-24(4)19-26/h7-8,11-14,19-22H,3,5-6,9-10,15-18H2,1-2,4H3/b11-7-,25-13+. The number of aromatic nitrogens is 4. The molecule has 5 rings (SSSR count). The summed E-state index contributed by atoms with van der Waals surface area (Å²) in [6.45, 7) is 13.4. The fourth-order valence-electron chi connectivity index (χ4n) is 4.82. The smallest absolute Gasteiger partial charge is 0.253 e. The molecule has 0 spiro atoms. The monoisotopic (exact) mass is 523 g/mol. The van der Waals surface area contributed by atoms with Crippen molar-refractivity contribution in [3.05, 3.63) is 84.4 Å². The molecule has 1 aliphatic heterocycles. The third-order valence-corrected chi connectivity index (χ3v) is 6.83. The van der Waals surface area contributed by atoms with Gasteiger partial charge in [-0.15, -0.1) is 0 Å². The first kappa shape index (κ1) is 26.6. The van der Waals surface area contributed by atoms with Gasteiger partial charge in [0.15, 0.2) is 11.4 Å². The molecule has 4 heterocycles. The predicted octanol–water partition coefficient (Wildman–Crippen LogP) is 7.32. The van der Waals surface area contributed by atoms with Crippen molar-refractivity contribution in [2.24, 2.45) is 0 Å². The molecular weight excluding hydrogens is 486 g/mol. The van der Waals surface area contributed by atoms with Crippen molar-refractivity contribution in [1.82, 2.24) is 19.7 Å². The molecule has 3 aromatic heterocycles. The van der Waals surface area contributed by atoms with Crippen LogP contribution in [0.15, 0.2) is 77.5 Å². The third kappa shape index (κ3) is 6.20. The molecule has 1 fully saturated rings. The number of ether oxygens (including phenoxy) is 1. The zero-order valence-electron chi connectivity index (χ0n) is 23.2. The average molecular weight is 524 g/mol. The van der Waals surface area contributed by atoms with Crippen molar-refractivity contribution >= 4 is 22.5 Å². The molecule has 39 heavy (non-hydrogen) atoms. The first-order chi connectivity index (χ1) is 19.1. The van der Waals surface area contributed by atoms with Gasteiger partial charge in [-0.25, -0.2) is 9.67 Å². The summed E-state index contributed by atoms with van der Waals surface area (Å²) in [7, 11) is 0. The number of rotatable bonds is 10. The Bertz CT molecular complexity index is 1500. The lowest BCUT2D eigenvalue weighted by atomic mass is 10.1. The van der Waals surface area contributed by atoms with E-state index < -0.39 is 0 Å². The van der Waals surface area contributed by atoms with E-state index in [1.54, 1.807) is 4.68 Å². The van der Waals surface area contributed by atoms with Crippen molar-refractivity contribution in [1.29, 1.82) is 0 Å². The Labute approximate surface area is 230 Å². The summed E-state index contributed by atoms with van der Waals surface area (Å²) < 4.78 is 13.8. The van der Waals surface area contributed by atoms with Gasteiger partial charge in [-0.3, -0.25) is 0 Å². The minimum absolute atomic E-state index is 0.520. The Kier molecular flexibility index (Phi) is 8.37. The molecule has 7 heteroatoms. The SMILES string of the molecule is C=C(/C=C\C=C(/CCC)c1cc2nc(-n3cc(-c4cccc(C)c4)cn3)nc(N3CCOCC3)c2o1)CCC. The van der Waals surface area contributed by atoms with Gasteiger partial charge in [-0.2, -0.15) is 10.1 Å². The van der Waals surface area contributed by atoms with E-state index in [0.717, 1.165) is 78.1 Å². The van der Waals surface area contributed by atoms with Crippen LogP contribution in [0.1, 0.15) is 50.9 Å². The zero-order valence-corrected chi connectivity index (χ0v) is 23.2. The number of benzene rings is 1. The number of anilines is 1. The van der Waals surface area contributed by atoms with Crippen molar-refractivity contribution in [2.75, 3.05) is 31.2 Å². The van der Waals surface area contributed by atoms with Gasteiger partial charge in [0.2, 0.25) is 0 Å². The topological polar surface area (TPSA) is 69.2 Å². The highest BCUT2D eigenvalue weighted by Gasteiger charge is 2.22. The summed E-state index contributed by atoms with van der Waals surface area (Å²) in [5, 5.41) is 4.62. The molecule has 0 saturated carbocycles. The minimum Gasteiger partial charge on any atom is -0.451 e. The van der Waals surface area contributed by atoms with Crippen LogP contribution >= 0.6 is 0 Å². The van der Waals surface area contributed by atoms with E-state index in [1.165, 1.54) is 5.56 Å². The van der Waals surface area contributed by atoms with Gasteiger partial charge in [-0.05, 0) is 30.9 Å². The maximum Gasteiger partial charge on any atom is 0.253 e. The first-order valence-corrected chi connectivity index (χ1v) is 13.9. The van der Waals surface area contributed by atoms with Crippen LogP contribution in [-0.2, 0) is 4.74 Å². The number of morpholine rings is 1. The maximum atomic E-state index is 6.49. The molecular formula is C32H37N5O2. The van der Waals surface area contributed by atoms with E-state index in [9.17, 15) is 0 Å². The van der Waals surface area contributed by atoms with Gasteiger partial charge in [0.1, 0.15) is 11.3 Å². The molecule has 0 aliphatic carbocycles. The fraction of sp³-hybridized carbons (Fsp3) is 0.344. The molecule has 7 nitrogen and oxygen atoms in total. The first-order valence-electron chi connectivity index (χ1n) is 13.9. The van der Waals surface area contributed by atoms with Crippen LogP contribution < -0.4 is 4.90 Å². The molecule has 0 bridgehead atoms. The molecule has 0 radical (unpaired) electrons. The second kappa shape index (κ2) is 12.3. The summed E-state index contributed by atoms with van der Waals surface area (Å²) in [6.07, 6.45) is 14.1. The molecule has 1 aromatic carbocycles. The lowest BCUT2D eigenvalue weighted by Gasteiger charge is -2.27. The molecule has 0 unspecified atom stereocenters. The van der Waals surface area contributed by atoms with Crippen molar-refractivity contribution in [2.45, 2.75) is 46.5 Å². The summed E-state index contributed by atoms with van der Waals surface area (Å²) in [5.41, 5.74) is 7.07. The summed E-state index contributed by atoms with van der Waals surface area (Å²) in [4.78, 5) is 12.1. The fourth-order valence-corrected chi connectivity index (χ4v) is 4.82. The van der Waals surface area contributed by atoms with Crippen LogP contribution in [0.2, 0.25) is 0 Å². The van der Waals surface area contributed by atoms with E-state index in [0.29, 0.717) is 24.7 Å².